The standard InChI is InChI=1S/C21H17ClN2O3S.Na/c22-17-8-6-15(7-9-17)20-14-21(16-4-2-1-3-5-16)24(23-20)18-10-12-19(13-11-18)28(25,26)27;/h1-13,21H,14H2,(H,25,26,27);/q;+1/p-1. The zero-order valence-electron chi connectivity index (χ0n) is 15.7. The second-order valence-corrected chi connectivity index (χ2v) is 8.29. The Kier molecular flexibility index (Phi) is 6.83. The van der Waals surface area contributed by atoms with Crippen LogP contribution in [-0.4, -0.2) is 18.7 Å². The van der Waals surface area contributed by atoms with Gasteiger partial charge in [0, 0.05) is 11.4 Å². The minimum Gasteiger partial charge on any atom is -0.744 e. The Morgan fingerprint density at radius 1 is 0.931 bits per heavy atom. The van der Waals surface area contributed by atoms with Crippen LogP contribution < -0.4 is 34.6 Å². The van der Waals surface area contributed by atoms with Gasteiger partial charge in [-0.2, -0.15) is 5.10 Å². The number of benzene rings is 3. The first kappa shape index (κ1) is 22.0. The maximum absolute atomic E-state index is 11.2. The number of anilines is 1. The fourth-order valence-electron chi connectivity index (χ4n) is 3.27. The van der Waals surface area contributed by atoms with Crippen molar-refractivity contribution in [1.29, 1.82) is 0 Å². The summed E-state index contributed by atoms with van der Waals surface area (Å²) in [5.41, 5.74) is 3.69. The Hall–Kier alpha value is -1.67. The molecule has 0 N–H and O–H groups in total. The molecular formula is C21H16ClN2NaO3S. The van der Waals surface area contributed by atoms with E-state index in [9.17, 15) is 13.0 Å². The van der Waals surface area contributed by atoms with Crippen LogP contribution in [0.3, 0.4) is 0 Å². The number of halogens is 1. The summed E-state index contributed by atoms with van der Waals surface area (Å²) in [6.07, 6.45) is 0.688. The van der Waals surface area contributed by atoms with E-state index in [0.717, 1.165) is 16.8 Å². The zero-order valence-corrected chi connectivity index (χ0v) is 19.3. The summed E-state index contributed by atoms with van der Waals surface area (Å²) >= 11 is 5.99. The minimum atomic E-state index is -4.48. The monoisotopic (exact) mass is 434 g/mol. The summed E-state index contributed by atoms with van der Waals surface area (Å²) in [6.45, 7) is 0. The molecule has 0 amide bonds. The van der Waals surface area contributed by atoms with E-state index in [2.05, 4.69) is 0 Å². The first-order valence-corrected chi connectivity index (χ1v) is 10.4. The molecule has 0 saturated heterocycles. The molecule has 3 aromatic carbocycles. The molecule has 1 aliphatic rings. The van der Waals surface area contributed by atoms with Crippen LogP contribution in [-0.2, 0) is 10.1 Å². The normalized spacial score (nSPS) is 16.3. The molecule has 5 nitrogen and oxygen atoms in total. The predicted octanol–water partition coefficient (Wildman–Crippen LogP) is 1.60. The first-order valence-electron chi connectivity index (χ1n) is 8.65. The summed E-state index contributed by atoms with van der Waals surface area (Å²) in [5.74, 6) is 0. The van der Waals surface area contributed by atoms with E-state index in [1.807, 2.05) is 59.6 Å². The maximum atomic E-state index is 11.2. The maximum Gasteiger partial charge on any atom is 1.00 e. The summed E-state index contributed by atoms with van der Waals surface area (Å²) in [6, 6.07) is 23.3. The third-order valence-corrected chi connectivity index (χ3v) is 5.76. The van der Waals surface area contributed by atoms with E-state index >= 15 is 0 Å². The van der Waals surface area contributed by atoms with Crippen molar-refractivity contribution in [3.05, 3.63) is 95.0 Å². The van der Waals surface area contributed by atoms with E-state index in [0.29, 0.717) is 17.1 Å². The molecule has 0 saturated carbocycles. The van der Waals surface area contributed by atoms with E-state index in [4.69, 9.17) is 16.7 Å². The van der Waals surface area contributed by atoms with Gasteiger partial charge in [0.25, 0.3) is 0 Å². The van der Waals surface area contributed by atoms with Gasteiger partial charge >= 0.3 is 29.6 Å². The van der Waals surface area contributed by atoms with Crippen molar-refractivity contribution < 1.29 is 42.5 Å². The fourth-order valence-corrected chi connectivity index (χ4v) is 3.86. The number of hydrogen-bond acceptors (Lipinski definition) is 5. The van der Waals surface area contributed by atoms with Crippen LogP contribution in [0.2, 0.25) is 5.02 Å². The van der Waals surface area contributed by atoms with Crippen molar-refractivity contribution >= 4 is 33.1 Å². The van der Waals surface area contributed by atoms with Gasteiger partial charge in [-0.15, -0.1) is 0 Å². The van der Waals surface area contributed by atoms with Crippen molar-refractivity contribution in [1.82, 2.24) is 0 Å². The van der Waals surface area contributed by atoms with E-state index in [1.165, 1.54) is 12.1 Å². The van der Waals surface area contributed by atoms with Crippen LogP contribution in [0.25, 0.3) is 0 Å². The van der Waals surface area contributed by atoms with E-state index in [1.54, 1.807) is 12.1 Å². The van der Waals surface area contributed by atoms with Crippen molar-refractivity contribution in [3.8, 4) is 0 Å². The van der Waals surface area contributed by atoms with Gasteiger partial charge in [0.05, 0.1) is 22.3 Å². The van der Waals surface area contributed by atoms with E-state index in [-0.39, 0.29) is 40.5 Å². The zero-order chi connectivity index (χ0) is 19.7. The van der Waals surface area contributed by atoms with Gasteiger partial charge in [0.15, 0.2) is 0 Å². The Labute approximate surface area is 197 Å². The molecule has 0 fully saturated rings. The van der Waals surface area contributed by atoms with Crippen molar-refractivity contribution in [2.75, 3.05) is 5.01 Å². The molecule has 8 heteroatoms. The van der Waals surface area contributed by atoms with E-state index < -0.39 is 10.1 Å². The molecule has 3 aromatic rings. The number of hydrazone groups is 1. The largest absolute Gasteiger partial charge is 1.00 e. The molecule has 142 valence electrons. The SMILES string of the molecule is O=S(=O)([O-])c1ccc(N2N=C(c3ccc(Cl)cc3)CC2c2ccccc2)cc1.[Na+]. The minimum absolute atomic E-state index is 0. The molecular weight excluding hydrogens is 419 g/mol. The molecule has 1 unspecified atom stereocenters. The second kappa shape index (κ2) is 9.00. The molecule has 0 aromatic heterocycles. The number of hydrogen-bond donors (Lipinski definition) is 0. The Balaban J connectivity index is 0.00000240. The van der Waals surface area contributed by atoms with Crippen molar-refractivity contribution in [2.24, 2.45) is 5.10 Å². The van der Waals surface area contributed by atoms with Crippen LogP contribution in [0, 0.1) is 0 Å². The first-order chi connectivity index (χ1) is 13.4. The summed E-state index contributed by atoms with van der Waals surface area (Å²) < 4.78 is 33.6. The topological polar surface area (TPSA) is 72.8 Å². The van der Waals surface area contributed by atoms with Gasteiger partial charge in [-0.05, 0) is 47.5 Å². The van der Waals surface area contributed by atoms with Gasteiger partial charge in [0.1, 0.15) is 10.1 Å². The number of nitrogens with zero attached hydrogens (tertiary/aromatic N) is 2. The van der Waals surface area contributed by atoms with Crippen LogP contribution >= 0.6 is 11.6 Å². The quantitative estimate of drug-likeness (QED) is 0.462. The summed E-state index contributed by atoms with van der Waals surface area (Å²) in [4.78, 5) is -0.256. The molecule has 1 heterocycles. The predicted molar refractivity (Wildman–Crippen MR) is 109 cm³/mol. The Morgan fingerprint density at radius 2 is 1.55 bits per heavy atom. The summed E-state index contributed by atoms with van der Waals surface area (Å²) in [5, 5.41) is 7.31. The molecule has 29 heavy (non-hydrogen) atoms. The van der Waals surface area contributed by atoms with Crippen LogP contribution in [0.5, 0.6) is 0 Å². The smallest absolute Gasteiger partial charge is 0.744 e. The van der Waals surface area contributed by atoms with Gasteiger partial charge < -0.3 is 4.55 Å². The molecule has 0 bridgehead atoms. The molecule has 0 radical (unpaired) electrons. The third kappa shape index (κ3) is 4.91. The molecule has 4 rings (SSSR count). The average Bonchev–Trinajstić information content (AvgIpc) is 3.14. The van der Waals surface area contributed by atoms with Gasteiger partial charge in [-0.25, -0.2) is 8.42 Å². The van der Waals surface area contributed by atoms with Crippen LogP contribution in [0.1, 0.15) is 23.6 Å². The van der Waals surface area contributed by atoms with Gasteiger partial charge in [0.2, 0.25) is 0 Å². The van der Waals surface area contributed by atoms with Crippen molar-refractivity contribution in [2.45, 2.75) is 17.4 Å². The summed E-state index contributed by atoms with van der Waals surface area (Å²) in [7, 11) is -4.48. The van der Waals surface area contributed by atoms with Gasteiger partial charge in [-0.1, -0.05) is 54.1 Å². The second-order valence-electron chi connectivity index (χ2n) is 6.48. The number of rotatable bonds is 4. The fraction of sp³-hybridized carbons (Fsp3) is 0.0952. The third-order valence-electron chi connectivity index (χ3n) is 4.66. The Bertz CT molecular complexity index is 1120. The average molecular weight is 435 g/mol. The molecule has 0 aliphatic carbocycles. The van der Waals surface area contributed by atoms with Crippen molar-refractivity contribution in [3.63, 3.8) is 0 Å². The molecule has 1 atom stereocenters. The molecule has 1 aliphatic heterocycles. The van der Waals surface area contributed by atoms with Crippen LogP contribution in [0.15, 0.2) is 88.9 Å². The molecule has 0 spiro atoms. The van der Waals surface area contributed by atoms with Gasteiger partial charge in [-0.3, -0.25) is 5.01 Å². The Morgan fingerprint density at radius 3 is 2.14 bits per heavy atom. The van der Waals surface area contributed by atoms with Crippen LogP contribution in [0.4, 0.5) is 5.69 Å².